The molecule has 1 atom stereocenters. The fourth-order valence-electron chi connectivity index (χ4n) is 2.74. The van der Waals surface area contributed by atoms with Gasteiger partial charge in [-0.1, -0.05) is 20.8 Å². The van der Waals surface area contributed by atoms with Crippen LogP contribution in [0, 0.1) is 5.41 Å². The first-order chi connectivity index (χ1) is 7.99. The lowest BCUT2D eigenvalue weighted by molar-refractivity contribution is -0.150. The summed E-state index contributed by atoms with van der Waals surface area (Å²) < 4.78 is 0. The van der Waals surface area contributed by atoms with Crippen molar-refractivity contribution < 1.29 is 9.90 Å². The van der Waals surface area contributed by atoms with Gasteiger partial charge in [0.05, 0.1) is 0 Å². The van der Waals surface area contributed by atoms with E-state index in [2.05, 4.69) is 25.7 Å². The maximum Gasteiger partial charge on any atom is 0.321 e. The van der Waals surface area contributed by atoms with Gasteiger partial charge in [-0.15, -0.1) is 0 Å². The average Bonchev–Trinajstić information content (AvgIpc) is 2.22. The van der Waals surface area contributed by atoms with E-state index in [0.29, 0.717) is 0 Å². The van der Waals surface area contributed by atoms with Crippen LogP contribution in [0.25, 0.3) is 0 Å². The van der Waals surface area contributed by atoms with Crippen LogP contribution in [0.1, 0.15) is 40.0 Å². The van der Waals surface area contributed by atoms with E-state index in [0.717, 1.165) is 43.9 Å². The third-order valence-corrected chi connectivity index (χ3v) is 4.53. The van der Waals surface area contributed by atoms with Crippen molar-refractivity contribution in [3.63, 3.8) is 0 Å². The normalized spacial score (nSPS) is 24.8. The molecule has 0 aromatic rings. The molecule has 0 aromatic carbocycles. The number of likely N-dealkylation sites (tertiary alicyclic amines) is 1. The van der Waals surface area contributed by atoms with Gasteiger partial charge in [0.15, 0.2) is 0 Å². The topological polar surface area (TPSA) is 40.5 Å². The molecule has 1 heterocycles. The fourth-order valence-corrected chi connectivity index (χ4v) is 3.37. The number of hydrogen-bond acceptors (Lipinski definition) is 3. The van der Waals surface area contributed by atoms with Gasteiger partial charge in [0, 0.05) is 0 Å². The van der Waals surface area contributed by atoms with Crippen molar-refractivity contribution in [3.05, 3.63) is 0 Å². The van der Waals surface area contributed by atoms with Crippen molar-refractivity contribution in [2.75, 3.05) is 24.6 Å². The van der Waals surface area contributed by atoms with Gasteiger partial charge in [0.1, 0.15) is 6.04 Å². The predicted molar refractivity (Wildman–Crippen MR) is 73.6 cm³/mol. The summed E-state index contributed by atoms with van der Waals surface area (Å²) in [5, 5.41) is 9.40. The number of thioether (sulfide) groups is 1. The Bertz CT molecular complexity index is 256. The third-order valence-electron chi connectivity index (χ3n) is 3.54. The van der Waals surface area contributed by atoms with Gasteiger partial charge >= 0.3 is 5.97 Å². The first kappa shape index (κ1) is 14.8. The Morgan fingerprint density at radius 1 is 1.53 bits per heavy atom. The van der Waals surface area contributed by atoms with E-state index in [1.165, 1.54) is 0 Å². The van der Waals surface area contributed by atoms with Crippen LogP contribution in [0.3, 0.4) is 0 Å². The lowest BCUT2D eigenvalue weighted by Crippen LogP contribution is -2.54. The molecule has 1 saturated heterocycles. The smallest absolute Gasteiger partial charge is 0.321 e. The van der Waals surface area contributed by atoms with Gasteiger partial charge in [-0.25, -0.2) is 0 Å². The van der Waals surface area contributed by atoms with Gasteiger partial charge in [0.25, 0.3) is 0 Å². The van der Waals surface area contributed by atoms with Gasteiger partial charge in [0.2, 0.25) is 0 Å². The molecular formula is C13H25NO2S. The maximum atomic E-state index is 11.4. The van der Waals surface area contributed by atoms with Crippen LogP contribution in [-0.2, 0) is 4.79 Å². The van der Waals surface area contributed by atoms with E-state index < -0.39 is 5.97 Å². The van der Waals surface area contributed by atoms with Crippen LogP contribution in [0.4, 0.5) is 0 Å². The highest BCUT2D eigenvalue weighted by molar-refractivity contribution is 7.99. The second-order valence-electron chi connectivity index (χ2n) is 5.42. The van der Waals surface area contributed by atoms with Crippen LogP contribution in [0.2, 0.25) is 0 Å². The molecule has 0 saturated carbocycles. The highest BCUT2D eigenvalue weighted by atomic mass is 32.2. The summed E-state index contributed by atoms with van der Waals surface area (Å²) in [6.45, 7) is 8.19. The summed E-state index contributed by atoms with van der Waals surface area (Å²) in [5.41, 5.74) is -0.0953. The zero-order valence-corrected chi connectivity index (χ0v) is 12.1. The molecule has 1 aliphatic rings. The Kier molecular flexibility index (Phi) is 5.80. The number of hydrogen-bond donors (Lipinski definition) is 1. The molecule has 1 unspecified atom stereocenters. The predicted octanol–water partition coefficient (Wildman–Crippen LogP) is 2.70. The van der Waals surface area contributed by atoms with Crippen molar-refractivity contribution in [1.82, 2.24) is 4.90 Å². The Balaban J connectivity index is 2.53. The van der Waals surface area contributed by atoms with Crippen molar-refractivity contribution in [2.24, 2.45) is 5.41 Å². The van der Waals surface area contributed by atoms with E-state index in [4.69, 9.17) is 0 Å². The molecule has 1 aliphatic heterocycles. The lowest BCUT2D eigenvalue weighted by Gasteiger charge is -2.44. The standard InChI is InChI=1S/C13H25NO2S/c1-4-17-10-6-9-14-8-5-7-13(2,3)11(14)12(15)16/h11H,4-10H2,1-3H3,(H,15,16). The number of aliphatic carboxylic acids is 1. The van der Waals surface area contributed by atoms with E-state index in [-0.39, 0.29) is 11.5 Å². The number of carbonyl (C=O) groups is 1. The Hall–Kier alpha value is -0.220. The minimum Gasteiger partial charge on any atom is -0.480 e. The van der Waals surface area contributed by atoms with Crippen LogP contribution in [0.5, 0.6) is 0 Å². The summed E-state index contributed by atoms with van der Waals surface area (Å²) in [7, 11) is 0. The SMILES string of the molecule is CCSCCCN1CCCC(C)(C)C1C(=O)O. The third kappa shape index (κ3) is 4.18. The molecule has 0 spiro atoms. The quantitative estimate of drug-likeness (QED) is 0.745. The molecule has 17 heavy (non-hydrogen) atoms. The largest absolute Gasteiger partial charge is 0.480 e. The second-order valence-corrected chi connectivity index (χ2v) is 6.81. The van der Waals surface area contributed by atoms with Crippen molar-refractivity contribution >= 4 is 17.7 Å². The Labute approximate surface area is 109 Å². The number of rotatable bonds is 6. The molecule has 0 bridgehead atoms. The highest BCUT2D eigenvalue weighted by Crippen LogP contribution is 2.35. The zero-order chi connectivity index (χ0) is 12.9. The summed E-state index contributed by atoms with van der Waals surface area (Å²) >= 11 is 1.93. The minimum absolute atomic E-state index is 0.0953. The van der Waals surface area contributed by atoms with Crippen LogP contribution in [-0.4, -0.2) is 46.6 Å². The molecule has 0 amide bonds. The lowest BCUT2D eigenvalue weighted by atomic mass is 9.76. The van der Waals surface area contributed by atoms with E-state index in [9.17, 15) is 9.90 Å². The van der Waals surface area contributed by atoms with Crippen molar-refractivity contribution in [3.8, 4) is 0 Å². The molecule has 0 radical (unpaired) electrons. The van der Waals surface area contributed by atoms with Crippen molar-refractivity contribution in [2.45, 2.75) is 46.1 Å². The maximum absolute atomic E-state index is 11.4. The highest BCUT2D eigenvalue weighted by Gasteiger charge is 2.41. The zero-order valence-electron chi connectivity index (χ0n) is 11.2. The molecule has 100 valence electrons. The molecular weight excluding hydrogens is 234 g/mol. The van der Waals surface area contributed by atoms with E-state index >= 15 is 0 Å². The molecule has 4 heteroatoms. The van der Waals surface area contributed by atoms with Gasteiger partial charge in [-0.2, -0.15) is 11.8 Å². The molecule has 1 N–H and O–H groups in total. The average molecular weight is 259 g/mol. The molecule has 3 nitrogen and oxygen atoms in total. The number of piperidine rings is 1. The number of carboxylic acids is 1. The first-order valence-electron chi connectivity index (χ1n) is 6.53. The number of nitrogens with zero attached hydrogens (tertiary/aromatic N) is 1. The molecule has 0 aliphatic carbocycles. The fraction of sp³-hybridized carbons (Fsp3) is 0.923. The number of carboxylic acid groups (broad SMARTS) is 1. The Morgan fingerprint density at radius 3 is 2.82 bits per heavy atom. The van der Waals surface area contributed by atoms with Crippen LogP contribution >= 0.6 is 11.8 Å². The first-order valence-corrected chi connectivity index (χ1v) is 7.69. The Morgan fingerprint density at radius 2 is 2.24 bits per heavy atom. The molecule has 0 aromatic heterocycles. The van der Waals surface area contributed by atoms with E-state index in [1.807, 2.05) is 11.8 Å². The summed E-state index contributed by atoms with van der Waals surface area (Å²) in [6, 6.07) is -0.303. The van der Waals surface area contributed by atoms with E-state index in [1.54, 1.807) is 0 Å². The monoisotopic (exact) mass is 259 g/mol. The molecule has 1 rings (SSSR count). The van der Waals surface area contributed by atoms with Gasteiger partial charge < -0.3 is 5.11 Å². The van der Waals surface area contributed by atoms with Crippen LogP contribution < -0.4 is 0 Å². The summed E-state index contributed by atoms with van der Waals surface area (Å²) in [5.74, 6) is 1.63. The summed E-state index contributed by atoms with van der Waals surface area (Å²) in [6.07, 6.45) is 3.24. The van der Waals surface area contributed by atoms with Crippen LogP contribution in [0.15, 0.2) is 0 Å². The summed E-state index contributed by atoms with van der Waals surface area (Å²) in [4.78, 5) is 13.6. The minimum atomic E-state index is -0.655. The van der Waals surface area contributed by atoms with Crippen molar-refractivity contribution in [1.29, 1.82) is 0 Å². The molecule has 1 fully saturated rings. The van der Waals surface area contributed by atoms with Gasteiger partial charge in [-0.05, 0) is 49.3 Å². The second kappa shape index (κ2) is 6.64. The van der Waals surface area contributed by atoms with Gasteiger partial charge in [-0.3, -0.25) is 9.69 Å².